The van der Waals surface area contributed by atoms with E-state index in [9.17, 15) is 19.8 Å². The Labute approximate surface area is 200 Å². The maximum Gasteiger partial charge on any atom is 0.306 e. The molecule has 4 unspecified atom stereocenters. The second kappa shape index (κ2) is 16.3. The van der Waals surface area contributed by atoms with E-state index in [1.54, 1.807) is 0 Å². The van der Waals surface area contributed by atoms with Crippen LogP contribution in [0.2, 0.25) is 0 Å². The highest BCUT2D eigenvalue weighted by Gasteiger charge is 2.32. The molecule has 0 aliphatic heterocycles. The van der Waals surface area contributed by atoms with Gasteiger partial charge in [-0.1, -0.05) is 57.1 Å². The number of aliphatic hydroxyl groups is 2. The van der Waals surface area contributed by atoms with Crippen LogP contribution in [0.3, 0.4) is 0 Å². The van der Waals surface area contributed by atoms with Crippen LogP contribution < -0.4 is 0 Å². The molecule has 0 spiro atoms. The van der Waals surface area contributed by atoms with Gasteiger partial charge in [-0.25, -0.2) is 0 Å². The van der Waals surface area contributed by atoms with Crippen LogP contribution in [0, 0.1) is 11.8 Å². The maximum atomic E-state index is 11.7. The summed E-state index contributed by atoms with van der Waals surface area (Å²) in [5.41, 5.74) is -0.409. The molecule has 6 nitrogen and oxygen atoms in total. The molecule has 3 N–H and O–H groups in total. The van der Waals surface area contributed by atoms with E-state index < -0.39 is 17.7 Å². The Hall–Kier alpha value is -1.40. The summed E-state index contributed by atoms with van der Waals surface area (Å²) < 4.78 is 5.31. The molecule has 0 aromatic carbocycles. The SMILES string of the molecule is CC(C)(C)OC(=O)CCCCCCCCC(O)C=CC1CCC(O)C1CCCCCC(=O)O. The fourth-order valence-electron chi connectivity index (χ4n) is 4.64. The number of allylic oxidation sites excluding steroid dienone is 1. The number of unbranched alkanes of at least 4 members (excludes halogenated alkanes) is 7. The van der Waals surface area contributed by atoms with Crippen LogP contribution in [-0.4, -0.2) is 45.1 Å². The Morgan fingerprint density at radius 3 is 2.21 bits per heavy atom. The van der Waals surface area contributed by atoms with Crippen molar-refractivity contribution < 1.29 is 29.6 Å². The van der Waals surface area contributed by atoms with Gasteiger partial charge in [0, 0.05) is 12.8 Å². The number of carbonyl (C=O) groups is 2. The molecule has 0 radical (unpaired) electrons. The van der Waals surface area contributed by atoms with Crippen LogP contribution >= 0.6 is 0 Å². The summed E-state index contributed by atoms with van der Waals surface area (Å²) in [6, 6.07) is 0. The molecule has 6 heteroatoms. The van der Waals surface area contributed by atoms with Gasteiger partial charge in [-0.05, 0) is 71.1 Å². The van der Waals surface area contributed by atoms with Crippen molar-refractivity contribution in [1.82, 2.24) is 0 Å². The Bertz CT molecular complexity index is 580. The molecule has 1 aliphatic rings. The molecule has 192 valence electrons. The molecule has 1 saturated carbocycles. The molecular formula is C27H48O6. The monoisotopic (exact) mass is 468 g/mol. The molecule has 1 rings (SSSR count). The maximum absolute atomic E-state index is 11.7. The minimum absolute atomic E-state index is 0.118. The lowest BCUT2D eigenvalue weighted by Gasteiger charge is -2.20. The van der Waals surface area contributed by atoms with Gasteiger partial charge in [-0.15, -0.1) is 0 Å². The fraction of sp³-hybridized carbons (Fsp3) is 0.852. The second-order valence-corrected chi connectivity index (χ2v) is 10.7. The van der Waals surface area contributed by atoms with Gasteiger partial charge >= 0.3 is 11.9 Å². The van der Waals surface area contributed by atoms with Gasteiger partial charge in [0.15, 0.2) is 0 Å². The molecule has 1 aliphatic carbocycles. The summed E-state index contributed by atoms with van der Waals surface area (Å²) in [7, 11) is 0. The number of carboxylic acid groups (broad SMARTS) is 1. The first-order valence-corrected chi connectivity index (χ1v) is 13.1. The molecule has 1 fully saturated rings. The number of rotatable bonds is 17. The van der Waals surface area contributed by atoms with Crippen molar-refractivity contribution in [2.45, 2.75) is 135 Å². The van der Waals surface area contributed by atoms with E-state index >= 15 is 0 Å². The van der Waals surface area contributed by atoms with Crippen LogP contribution in [0.4, 0.5) is 0 Å². The van der Waals surface area contributed by atoms with E-state index in [4.69, 9.17) is 9.84 Å². The smallest absolute Gasteiger partial charge is 0.306 e. The summed E-state index contributed by atoms with van der Waals surface area (Å²) in [6.45, 7) is 5.66. The van der Waals surface area contributed by atoms with Crippen molar-refractivity contribution in [3.8, 4) is 0 Å². The van der Waals surface area contributed by atoms with E-state index in [1.165, 1.54) is 0 Å². The fourth-order valence-corrected chi connectivity index (χ4v) is 4.64. The van der Waals surface area contributed by atoms with Gasteiger partial charge in [0.05, 0.1) is 12.2 Å². The van der Waals surface area contributed by atoms with Gasteiger partial charge in [-0.2, -0.15) is 0 Å². The Kier molecular flexibility index (Phi) is 14.6. The van der Waals surface area contributed by atoms with Crippen LogP contribution in [0.15, 0.2) is 12.2 Å². The van der Waals surface area contributed by atoms with Gasteiger partial charge < -0.3 is 20.1 Å². The van der Waals surface area contributed by atoms with Crippen molar-refractivity contribution in [3.05, 3.63) is 12.2 Å². The number of aliphatic carboxylic acids is 1. The number of carboxylic acids is 1. The highest BCUT2D eigenvalue weighted by atomic mass is 16.6. The van der Waals surface area contributed by atoms with Crippen molar-refractivity contribution in [2.24, 2.45) is 11.8 Å². The minimum atomic E-state index is -0.746. The van der Waals surface area contributed by atoms with Crippen LogP contribution in [0.25, 0.3) is 0 Å². The Balaban J connectivity index is 2.12. The van der Waals surface area contributed by atoms with Crippen molar-refractivity contribution in [2.75, 3.05) is 0 Å². The zero-order chi connectivity index (χ0) is 24.7. The molecule has 0 bridgehead atoms. The lowest BCUT2D eigenvalue weighted by Crippen LogP contribution is -2.23. The quantitative estimate of drug-likeness (QED) is 0.142. The second-order valence-electron chi connectivity index (χ2n) is 10.7. The first kappa shape index (κ1) is 29.6. The van der Waals surface area contributed by atoms with Crippen molar-refractivity contribution >= 4 is 11.9 Å². The predicted molar refractivity (Wildman–Crippen MR) is 131 cm³/mol. The first-order valence-electron chi connectivity index (χ1n) is 13.1. The topological polar surface area (TPSA) is 104 Å². The average molecular weight is 469 g/mol. The standard InChI is InChI=1S/C27H48O6/c1-27(2,3)33-26(32)16-12-7-5-4-6-9-13-22(28)19-17-21-18-20-24(29)23(21)14-10-8-11-15-25(30)31/h17,19,21-24,28-29H,4-16,18,20H2,1-3H3,(H,30,31). The summed E-state index contributed by atoms with van der Waals surface area (Å²) in [4.78, 5) is 22.3. The number of esters is 1. The van der Waals surface area contributed by atoms with Crippen molar-refractivity contribution in [3.63, 3.8) is 0 Å². The number of ether oxygens (including phenoxy) is 1. The third-order valence-electron chi connectivity index (χ3n) is 6.40. The van der Waals surface area contributed by atoms with Crippen LogP contribution in [-0.2, 0) is 14.3 Å². The molecule has 0 aromatic heterocycles. The molecule has 0 heterocycles. The first-order chi connectivity index (χ1) is 15.6. The number of hydrogen-bond donors (Lipinski definition) is 3. The molecule has 4 atom stereocenters. The van der Waals surface area contributed by atoms with E-state index in [0.29, 0.717) is 18.8 Å². The van der Waals surface area contributed by atoms with Gasteiger partial charge in [0.25, 0.3) is 0 Å². The Morgan fingerprint density at radius 2 is 1.55 bits per heavy atom. The van der Waals surface area contributed by atoms with E-state index in [0.717, 1.165) is 77.0 Å². The number of carbonyl (C=O) groups excluding carboxylic acids is 1. The lowest BCUT2D eigenvalue weighted by molar-refractivity contribution is -0.155. The predicted octanol–water partition coefficient (Wildman–Crippen LogP) is 5.79. The molecular weight excluding hydrogens is 420 g/mol. The van der Waals surface area contributed by atoms with Gasteiger partial charge in [-0.3, -0.25) is 9.59 Å². The van der Waals surface area contributed by atoms with Crippen LogP contribution in [0.1, 0.15) is 117 Å². The van der Waals surface area contributed by atoms with E-state index in [-0.39, 0.29) is 24.4 Å². The summed E-state index contributed by atoms with van der Waals surface area (Å²) in [5.74, 6) is -0.338. The van der Waals surface area contributed by atoms with E-state index in [1.807, 2.05) is 26.8 Å². The largest absolute Gasteiger partial charge is 0.481 e. The summed E-state index contributed by atoms with van der Waals surface area (Å²) >= 11 is 0. The number of hydrogen-bond acceptors (Lipinski definition) is 5. The van der Waals surface area contributed by atoms with E-state index in [2.05, 4.69) is 6.08 Å². The van der Waals surface area contributed by atoms with Gasteiger partial charge in [0.1, 0.15) is 5.60 Å². The molecule has 0 aromatic rings. The zero-order valence-corrected chi connectivity index (χ0v) is 21.1. The summed E-state index contributed by atoms with van der Waals surface area (Å²) in [6.07, 6.45) is 16.1. The van der Waals surface area contributed by atoms with Gasteiger partial charge in [0.2, 0.25) is 0 Å². The van der Waals surface area contributed by atoms with Crippen molar-refractivity contribution in [1.29, 1.82) is 0 Å². The molecule has 33 heavy (non-hydrogen) atoms. The highest BCUT2D eigenvalue weighted by Crippen LogP contribution is 2.37. The molecule has 0 amide bonds. The summed E-state index contributed by atoms with van der Waals surface area (Å²) in [5, 5.41) is 29.3. The zero-order valence-electron chi connectivity index (χ0n) is 21.1. The average Bonchev–Trinajstić information content (AvgIpc) is 3.06. The minimum Gasteiger partial charge on any atom is -0.481 e. The Morgan fingerprint density at radius 1 is 0.939 bits per heavy atom. The third kappa shape index (κ3) is 15.2. The number of aliphatic hydroxyl groups excluding tert-OH is 2. The molecule has 0 saturated heterocycles. The highest BCUT2D eigenvalue weighted by molar-refractivity contribution is 5.69. The van der Waals surface area contributed by atoms with Crippen LogP contribution in [0.5, 0.6) is 0 Å². The normalized spacial score (nSPS) is 22.0. The lowest BCUT2D eigenvalue weighted by atomic mass is 9.88. The third-order valence-corrected chi connectivity index (χ3v) is 6.40.